The maximum atomic E-state index is 5.55. The fourth-order valence-corrected chi connectivity index (χ4v) is 1.94. The molecule has 1 saturated heterocycles. The molecule has 0 amide bonds. The van der Waals surface area contributed by atoms with Gasteiger partial charge in [0.25, 0.3) is 0 Å². The Bertz CT molecular complexity index is 292. The number of nitrogens with one attached hydrogen (secondary N) is 1. The highest BCUT2D eigenvalue weighted by Crippen LogP contribution is 2.30. The molecular weight excluding hydrogens is 180 g/mol. The molecule has 0 bridgehead atoms. The lowest BCUT2D eigenvalue weighted by atomic mass is 9.96. The van der Waals surface area contributed by atoms with Gasteiger partial charge in [-0.15, -0.1) is 0 Å². The van der Waals surface area contributed by atoms with Gasteiger partial charge in [-0.05, 0) is 25.0 Å². The molecule has 1 fully saturated rings. The van der Waals surface area contributed by atoms with Crippen molar-refractivity contribution in [1.82, 2.24) is 5.43 Å². The molecule has 0 aliphatic carbocycles. The van der Waals surface area contributed by atoms with Gasteiger partial charge < -0.3 is 9.15 Å². The zero-order valence-corrected chi connectivity index (χ0v) is 8.32. The van der Waals surface area contributed by atoms with Crippen molar-refractivity contribution in [2.24, 2.45) is 11.8 Å². The average Bonchev–Trinajstić information content (AvgIpc) is 2.80. The number of hydrogen-bond donors (Lipinski definition) is 2. The van der Waals surface area contributed by atoms with Crippen LogP contribution < -0.4 is 11.3 Å². The van der Waals surface area contributed by atoms with Crippen LogP contribution in [0.15, 0.2) is 16.7 Å². The number of aryl methyl sites for hydroxylation is 1. The quantitative estimate of drug-likeness (QED) is 0.562. The van der Waals surface area contributed by atoms with E-state index in [4.69, 9.17) is 15.0 Å². The largest absolute Gasteiger partial charge is 0.467 e. The van der Waals surface area contributed by atoms with E-state index in [-0.39, 0.29) is 6.04 Å². The molecule has 4 heteroatoms. The lowest BCUT2D eigenvalue weighted by Crippen LogP contribution is -2.34. The number of hydrogen-bond acceptors (Lipinski definition) is 4. The normalized spacial score (nSPS) is 24.0. The highest BCUT2D eigenvalue weighted by atomic mass is 16.5. The molecule has 78 valence electrons. The van der Waals surface area contributed by atoms with Crippen LogP contribution >= 0.6 is 0 Å². The maximum Gasteiger partial charge on any atom is 0.125 e. The number of furan rings is 1. The fourth-order valence-electron chi connectivity index (χ4n) is 1.94. The average molecular weight is 196 g/mol. The highest BCUT2D eigenvalue weighted by Gasteiger charge is 2.29. The lowest BCUT2D eigenvalue weighted by Gasteiger charge is -2.19. The molecule has 0 radical (unpaired) electrons. The zero-order valence-electron chi connectivity index (χ0n) is 8.32. The molecule has 2 heterocycles. The molecule has 2 rings (SSSR count). The predicted molar refractivity (Wildman–Crippen MR) is 52.4 cm³/mol. The Morgan fingerprint density at radius 3 is 3.00 bits per heavy atom. The van der Waals surface area contributed by atoms with E-state index in [9.17, 15) is 0 Å². The van der Waals surface area contributed by atoms with Crippen molar-refractivity contribution in [3.05, 3.63) is 23.7 Å². The van der Waals surface area contributed by atoms with E-state index in [1.165, 1.54) is 0 Å². The Morgan fingerprint density at radius 1 is 1.64 bits per heavy atom. The monoisotopic (exact) mass is 196 g/mol. The van der Waals surface area contributed by atoms with Crippen molar-refractivity contribution < 1.29 is 9.15 Å². The molecule has 0 aromatic carbocycles. The van der Waals surface area contributed by atoms with Gasteiger partial charge in [-0.3, -0.25) is 5.84 Å². The van der Waals surface area contributed by atoms with E-state index < -0.39 is 0 Å². The summed E-state index contributed by atoms with van der Waals surface area (Å²) in [7, 11) is 0. The summed E-state index contributed by atoms with van der Waals surface area (Å²) in [6, 6.07) is 2.03. The Hall–Kier alpha value is -0.840. The molecular formula is C10H16N2O2. The number of rotatable bonds is 3. The van der Waals surface area contributed by atoms with Crippen molar-refractivity contribution in [3.63, 3.8) is 0 Å². The smallest absolute Gasteiger partial charge is 0.125 e. The van der Waals surface area contributed by atoms with Crippen LogP contribution in [0.2, 0.25) is 0 Å². The Balaban J connectivity index is 2.16. The Labute approximate surface area is 83.4 Å². The molecule has 0 spiro atoms. The van der Waals surface area contributed by atoms with E-state index in [0.717, 1.165) is 31.0 Å². The summed E-state index contributed by atoms with van der Waals surface area (Å²) in [5, 5.41) is 0. The first-order chi connectivity index (χ1) is 6.83. The first-order valence-corrected chi connectivity index (χ1v) is 4.91. The third-order valence-electron chi connectivity index (χ3n) is 2.80. The summed E-state index contributed by atoms with van der Waals surface area (Å²) in [5.74, 6) is 6.90. The first kappa shape index (κ1) is 9.71. The first-order valence-electron chi connectivity index (χ1n) is 4.91. The predicted octanol–water partition coefficient (Wildman–Crippen LogP) is 1.13. The molecule has 1 aliphatic heterocycles. The van der Waals surface area contributed by atoms with E-state index in [0.29, 0.717) is 5.92 Å². The molecule has 2 atom stereocenters. The summed E-state index contributed by atoms with van der Waals surface area (Å²) in [4.78, 5) is 0. The molecule has 14 heavy (non-hydrogen) atoms. The number of ether oxygens (including phenoxy) is 1. The van der Waals surface area contributed by atoms with Crippen LogP contribution in [0.1, 0.15) is 23.8 Å². The minimum absolute atomic E-state index is 0.0764. The van der Waals surface area contributed by atoms with Crippen molar-refractivity contribution >= 4 is 0 Å². The summed E-state index contributed by atoms with van der Waals surface area (Å²) in [6.07, 6.45) is 2.74. The molecule has 0 saturated carbocycles. The van der Waals surface area contributed by atoms with Crippen LogP contribution in [0.4, 0.5) is 0 Å². The van der Waals surface area contributed by atoms with Crippen molar-refractivity contribution in [2.45, 2.75) is 19.4 Å². The van der Waals surface area contributed by atoms with Gasteiger partial charge in [0.2, 0.25) is 0 Å². The van der Waals surface area contributed by atoms with Crippen LogP contribution in [0, 0.1) is 12.8 Å². The minimum atomic E-state index is 0.0764. The summed E-state index contributed by atoms with van der Waals surface area (Å²) < 4.78 is 10.8. The molecule has 1 aliphatic rings. The SMILES string of the molecule is Cc1ccoc1C(NN)C1CCOC1. The van der Waals surface area contributed by atoms with Crippen LogP contribution in [-0.4, -0.2) is 13.2 Å². The van der Waals surface area contributed by atoms with Crippen molar-refractivity contribution in [1.29, 1.82) is 0 Å². The number of nitrogens with two attached hydrogens (primary N) is 1. The second-order valence-corrected chi connectivity index (χ2v) is 3.74. The standard InChI is InChI=1S/C10H16N2O2/c1-7-2-5-14-10(7)9(12-11)8-3-4-13-6-8/h2,5,8-9,12H,3-4,6,11H2,1H3. The second kappa shape index (κ2) is 4.13. The Kier molecular flexibility index (Phi) is 2.86. The van der Waals surface area contributed by atoms with Crippen LogP contribution in [0.5, 0.6) is 0 Å². The lowest BCUT2D eigenvalue weighted by molar-refractivity contribution is 0.173. The summed E-state index contributed by atoms with van der Waals surface area (Å²) in [6.45, 7) is 3.61. The van der Waals surface area contributed by atoms with Gasteiger partial charge in [-0.2, -0.15) is 0 Å². The van der Waals surface area contributed by atoms with Gasteiger partial charge in [-0.25, -0.2) is 5.43 Å². The van der Waals surface area contributed by atoms with E-state index in [1.54, 1.807) is 6.26 Å². The van der Waals surface area contributed by atoms with Gasteiger partial charge in [0, 0.05) is 12.5 Å². The highest BCUT2D eigenvalue weighted by molar-refractivity contribution is 5.19. The van der Waals surface area contributed by atoms with Crippen LogP contribution in [-0.2, 0) is 4.74 Å². The second-order valence-electron chi connectivity index (χ2n) is 3.74. The zero-order chi connectivity index (χ0) is 9.97. The minimum Gasteiger partial charge on any atom is -0.467 e. The van der Waals surface area contributed by atoms with Gasteiger partial charge >= 0.3 is 0 Å². The third kappa shape index (κ3) is 1.68. The number of hydrazine groups is 1. The maximum absolute atomic E-state index is 5.55. The molecule has 4 nitrogen and oxygen atoms in total. The molecule has 1 aromatic heterocycles. The Morgan fingerprint density at radius 2 is 2.50 bits per heavy atom. The molecule has 2 unspecified atom stereocenters. The van der Waals surface area contributed by atoms with Crippen molar-refractivity contribution in [3.8, 4) is 0 Å². The van der Waals surface area contributed by atoms with Crippen LogP contribution in [0.3, 0.4) is 0 Å². The van der Waals surface area contributed by atoms with E-state index in [2.05, 4.69) is 5.43 Å². The fraction of sp³-hybridized carbons (Fsp3) is 0.600. The third-order valence-corrected chi connectivity index (χ3v) is 2.80. The topological polar surface area (TPSA) is 60.4 Å². The van der Waals surface area contributed by atoms with Crippen molar-refractivity contribution in [2.75, 3.05) is 13.2 Å². The van der Waals surface area contributed by atoms with Crippen LogP contribution in [0.25, 0.3) is 0 Å². The summed E-state index contributed by atoms with van der Waals surface area (Å²) >= 11 is 0. The van der Waals surface area contributed by atoms with Gasteiger partial charge in [0.05, 0.1) is 18.9 Å². The van der Waals surface area contributed by atoms with E-state index >= 15 is 0 Å². The molecule has 1 aromatic rings. The van der Waals surface area contributed by atoms with Gasteiger partial charge in [-0.1, -0.05) is 0 Å². The summed E-state index contributed by atoms with van der Waals surface area (Å²) in [5.41, 5.74) is 3.95. The van der Waals surface area contributed by atoms with E-state index in [1.807, 2.05) is 13.0 Å². The molecule has 3 N–H and O–H groups in total. The van der Waals surface area contributed by atoms with Gasteiger partial charge in [0.1, 0.15) is 5.76 Å². The van der Waals surface area contributed by atoms with Gasteiger partial charge in [0.15, 0.2) is 0 Å².